The number of hydrogen-bond acceptors (Lipinski definition) is 3. The van der Waals surface area contributed by atoms with Crippen molar-refractivity contribution in [3.63, 3.8) is 0 Å². The quantitative estimate of drug-likeness (QED) is 0.842. The average molecular weight is 261 g/mol. The zero-order valence-electron chi connectivity index (χ0n) is 11.1. The maximum absolute atomic E-state index is 11.7. The summed E-state index contributed by atoms with van der Waals surface area (Å²) in [5.74, 6) is -0.0238. The Morgan fingerprint density at radius 3 is 2.63 bits per heavy atom. The molecule has 102 valence electrons. The molecule has 19 heavy (non-hydrogen) atoms. The van der Waals surface area contributed by atoms with Crippen LogP contribution in [0.15, 0.2) is 24.3 Å². The maximum atomic E-state index is 11.7. The lowest BCUT2D eigenvalue weighted by Crippen LogP contribution is -2.24. The van der Waals surface area contributed by atoms with Crippen LogP contribution in [0.25, 0.3) is 0 Å². The predicted octanol–water partition coefficient (Wildman–Crippen LogP) is 3.77. The second kappa shape index (κ2) is 6.36. The molecule has 0 atom stereocenters. The SMILES string of the molecule is CC(=O)c1cccc(NC(=O)OC2CCCCC2)c1. The molecular formula is C15H19NO3. The van der Waals surface area contributed by atoms with E-state index in [9.17, 15) is 9.59 Å². The maximum Gasteiger partial charge on any atom is 0.411 e. The van der Waals surface area contributed by atoms with E-state index in [0.29, 0.717) is 11.3 Å². The largest absolute Gasteiger partial charge is 0.446 e. The summed E-state index contributed by atoms with van der Waals surface area (Å²) >= 11 is 0. The van der Waals surface area contributed by atoms with Crippen LogP contribution in [0, 0.1) is 0 Å². The summed E-state index contributed by atoms with van der Waals surface area (Å²) in [5.41, 5.74) is 1.17. The number of rotatable bonds is 3. The molecule has 0 heterocycles. The fourth-order valence-corrected chi connectivity index (χ4v) is 2.30. The number of carbonyl (C=O) groups is 2. The molecule has 1 aromatic carbocycles. The molecule has 0 aromatic heterocycles. The Morgan fingerprint density at radius 2 is 1.95 bits per heavy atom. The number of ketones is 1. The summed E-state index contributed by atoms with van der Waals surface area (Å²) < 4.78 is 5.36. The molecule has 1 aliphatic carbocycles. The van der Waals surface area contributed by atoms with E-state index in [0.717, 1.165) is 25.7 Å². The molecule has 1 aromatic rings. The van der Waals surface area contributed by atoms with Crippen molar-refractivity contribution < 1.29 is 14.3 Å². The molecule has 0 unspecified atom stereocenters. The van der Waals surface area contributed by atoms with Crippen LogP contribution in [-0.4, -0.2) is 18.0 Å². The fraction of sp³-hybridized carbons (Fsp3) is 0.467. The van der Waals surface area contributed by atoms with Crippen molar-refractivity contribution in [2.24, 2.45) is 0 Å². The third kappa shape index (κ3) is 4.09. The van der Waals surface area contributed by atoms with Crippen LogP contribution in [-0.2, 0) is 4.74 Å². The highest BCUT2D eigenvalue weighted by atomic mass is 16.6. The molecule has 4 heteroatoms. The molecule has 0 saturated heterocycles. The van der Waals surface area contributed by atoms with Crippen LogP contribution >= 0.6 is 0 Å². The van der Waals surface area contributed by atoms with Gasteiger partial charge in [0.2, 0.25) is 0 Å². The molecule has 1 amide bonds. The van der Waals surface area contributed by atoms with E-state index in [4.69, 9.17) is 4.74 Å². The number of benzene rings is 1. The lowest BCUT2D eigenvalue weighted by atomic mass is 9.98. The second-order valence-electron chi connectivity index (χ2n) is 4.93. The van der Waals surface area contributed by atoms with E-state index in [-0.39, 0.29) is 11.9 Å². The Balaban J connectivity index is 1.90. The first-order chi connectivity index (χ1) is 9.15. The Morgan fingerprint density at radius 1 is 1.21 bits per heavy atom. The van der Waals surface area contributed by atoms with Gasteiger partial charge in [-0.1, -0.05) is 18.6 Å². The smallest absolute Gasteiger partial charge is 0.411 e. The topological polar surface area (TPSA) is 55.4 Å². The third-order valence-corrected chi connectivity index (χ3v) is 3.34. The van der Waals surface area contributed by atoms with Crippen LogP contribution in [0.4, 0.5) is 10.5 Å². The van der Waals surface area contributed by atoms with Crippen LogP contribution in [0.5, 0.6) is 0 Å². The fourth-order valence-electron chi connectivity index (χ4n) is 2.30. The number of amides is 1. The molecule has 0 radical (unpaired) electrons. The highest BCUT2D eigenvalue weighted by Crippen LogP contribution is 2.21. The number of anilines is 1. The minimum atomic E-state index is -0.437. The van der Waals surface area contributed by atoms with E-state index >= 15 is 0 Å². The highest BCUT2D eigenvalue weighted by molar-refractivity contribution is 5.96. The van der Waals surface area contributed by atoms with Crippen molar-refractivity contribution in [1.29, 1.82) is 0 Å². The van der Waals surface area contributed by atoms with Gasteiger partial charge in [0.05, 0.1) is 0 Å². The molecule has 1 aliphatic rings. The van der Waals surface area contributed by atoms with Crippen molar-refractivity contribution >= 4 is 17.6 Å². The summed E-state index contributed by atoms with van der Waals surface area (Å²) in [6, 6.07) is 6.87. The minimum absolute atomic E-state index is 0.0238. The molecule has 0 bridgehead atoms. The summed E-state index contributed by atoms with van der Waals surface area (Å²) in [7, 11) is 0. The first-order valence-electron chi connectivity index (χ1n) is 6.74. The van der Waals surface area contributed by atoms with Gasteiger partial charge in [0.25, 0.3) is 0 Å². The van der Waals surface area contributed by atoms with Gasteiger partial charge < -0.3 is 4.74 Å². The Labute approximate surface area is 113 Å². The molecule has 2 rings (SSSR count). The minimum Gasteiger partial charge on any atom is -0.446 e. The van der Waals surface area contributed by atoms with E-state index in [2.05, 4.69) is 5.32 Å². The molecule has 1 N–H and O–H groups in total. The molecule has 0 aliphatic heterocycles. The van der Waals surface area contributed by atoms with Gasteiger partial charge in [0.15, 0.2) is 5.78 Å². The third-order valence-electron chi connectivity index (χ3n) is 3.34. The average Bonchev–Trinajstić information content (AvgIpc) is 2.40. The van der Waals surface area contributed by atoms with E-state index in [1.807, 2.05) is 0 Å². The van der Waals surface area contributed by atoms with Gasteiger partial charge in [-0.05, 0) is 44.7 Å². The highest BCUT2D eigenvalue weighted by Gasteiger charge is 2.17. The summed E-state index contributed by atoms with van der Waals surface area (Å²) in [5, 5.41) is 2.67. The van der Waals surface area contributed by atoms with Gasteiger partial charge in [0, 0.05) is 11.3 Å². The van der Waals surface area contributed by atoms with Crippen molar-refractivity contribution in [3.8, 4) is 0 Å². The van der Waals surface area contributed by atoms with Crippen molar-refractivity contribution in [1.82, 2.24) is 0 Å². The lowest BCUT2D eigenvalue weighted by molar-refractivity contribution is 0.0864. The monoisotopic (exact) mass is 261 g/mol. The standard InChI is InChI=1S/C15H19NO3/c1-11(17)12-6-5-7-13(10-12)16-15(18)19-14-8-3-2-4-9-14/h5-7,10,14H,2-4,8-9H2,1H3,(H,16,18). The van der Waals surface area contributed by atoms with Gasteiger partial charge >= 0.3 is 6.09 Å². The van der Waals surface area contributed by atoms with Gasteiger partial charge in [-0.2, -0.15) is 0 Å². The van der Waals surface area contributed by atoms with Crippen LogP contribution < -0.4 is 5.32 Å². The van der Waals surface area contributed by atoms with Crippen molar-refractivity contribution in [2.75, 3.05) is 5.32 Å². The van der Waals surface area contributed by atoms with E-state index < -0.39 is 6.09 Å². The second-order valence-corrected chi connectivity index (χ2v) is 4.93. The zero-order chi connectivity index (χ0) is 13.7. The first kappa shape index (κ1) is 13.6. The van der Waals surface area contributed by atoms with Crippen LogP contribution in [0.1, 0.15) is 49.4 Å². The lowest BCUT2D eigenvalue weighted by Gasteiger charge is -2.21. The Kier molecular flexibility index (Phi) is 4.55. The number of ether oxygens (including phenoxy) is 1. The molecule has 1 saturated carbocycles. The van der Waals surface area contributed by atoms with Crippen molar-refractivity contribution in [2.45, 2.75) is 45.1 Å². The molecule has 4 nitrogen and oxygen atoms in total. The Hall–Kier alpha value is -1.84. The number of nitrogens with one attached hydrogen (secondary N) is 1. The van der Waals surface area contributed by atoms with Gasteiger partial charge in [-0.15, -0.1) is 0 Å². The van der Waals surface area contributed by atoms with Gasteiger partial charge in [0.1, 0.15) is 6.10 Å². The van der Waals surface area contributed by atoms with Crippen molar-refractivity contribution in [3.05, 3.63) is 29.8 Å². The van der Waals surface area contributed by atoms with E-state index in [1.165, 1.54) is 13.3 Å². The number of carbonyl (C=O) groups excluding carboxylic acids is 2. The molecule has 1 fully saturated rings. The van der Waals surface area contributed by atoms with Gasteiger partial charge in [-0.25, -0.2) is 4.79 Å². The summed E-state index contributed by atoms with van der Waals surface area (Å²) in [6.07, 6.45) is 4.96. The molecule has 0 spiro atoms. The predicted molar refractivity (Wildman–Crippen MR) is 73.4 cm³/mol. The first-order valence-corrected chi connectivity index (χ1v) is 6.74. The normalized spacial score (nSPS) is 15.8. The summed E-state index contributed by atoms with van der Waals surface area (Å²) in [6.45, 7) is 1.50. The summed E-state index contributed by atoms with van der Waals surface area (Å²) in [4.78, 5) is 23.0. The van der Waals surface area contributed by atoms with Crippen LogP contribution in [0.3, 0.4) is 0 Å². The zero-order valence-corrected chi connectivity index (χ0v) is 11.1. The van der Waals surface area contributed by atoms with Crippen LogP contribution in [0.2, 0.25) is 0 Å². The number of hydrogen-bond donors (Lipinski definition) is 1. The van der Waals surface area contributed by atoms with E-state index in [1.54, 1.807) is 24.3 Å². The number of Topliss-reactive ketones (excluding diaryl/α,β-unsaturated/α-hetero) is 1. The Bertz CT molecular complexity index is 464. The van der Waals surface area contributed by atoms with Gasteiger partial charge in [-0.3, -0.25) is 10.1 Å². The molecular weight excluding hydrogens is 242 g/mol.